The van der Waals surface area contributed by atoms with Gasteiger partial charge in [0, 0.05) is 16.8 Å². The second kappa shape index (κ2) is 12.8. The lowest BCUT2D eigenvalue weighted by Gasteiger charge is -2.26. The molecule has 2 amide bonds. The van der Waals surface area contributed by atoms with Crippen LogP contribution in [0.25, 0.3) is 0 Å². The summed E-state index contributed by atoms with van der Waals surface area (Å²) < 4.78 is 19.8. The predicted molar refractivity (Wildman–Crippen MR) is 127 cm³/mol. The van der Waals surface area contributed by atoms with E-state index in [0.717, 1.165) is 11.1 Å². The maximum absolute atomic E-state index is 11.8. The lowest BCUT2D eigenvalue weighted by atomic mass is 9.78. The Morgan fingerprint density at radius 1 is 0.727 bits per heavy atom. The van der Waals surface area contributed by atoms with Crippen molar-refractivity contribution in [1.29, 1.82) is 0 Å². The van der Waals surface area contributed by atoms with E-state index in [4.69, 9.17) is 18.9 Å². The van der Waals surface area contributed by atoms with Crippen LogP contribution in [0.3, 0.4) is 0 Å². The Morgan fingerprint density at radius 2 is 1.09 bits per heavy atom. The van der Waals surface area contributed by atoms with Gasteiger partial charge in [-0.05, 0) is 35.4 Å². The minimum atomic E-state index is -0.551. The molecule has 0 aromatic heterocycles. The number of carbonyl (C=O) groups is 2. The van der Waals surface area contributed by atoms with Crippen LogP contribution in [0.1, 0.15) is 25.0 Å². The van der Waals surface area contributed by atoms with Crippen LogP contribution in [0, 0.1) is 0 Å². The molecule has 176 valence electrons. The minimum absolute atomic E-state index is 0.134. The van der Waals surface area contributed by atoms with Crippen molar-refractivity contribution in [2.75, 3.05) is 37.1 Å². The molecule has 2 aromatic rings. The minimum Gasteiger partial charge on any atom is -0.498 e. The summed E-state index contributed by atoms with van der Waals surface area (Å²) in [5, 5.41) is 5.35. The van der Waals surface area contributed by atoms with Gasteiger partial charge in [0.05, 0.1) is 12.5 Å². The van der Waals surface area contributed by atoms with Crippen LogP contribution in [-0.2, 0) is 24.4 Å². The number of nitrogens with one attached hydrogen (secondary N) is 2. The van der Waals surface area contributed by atoms with Gasteiger partial charge in [0.1, 0.15) is 26.4 Å². The zero-order valence-corrected chi connectivity index (χ0v) is 19.0. The maximum atomic E-state index is 11.8. The van der Waals surface area contributed by atoms with E-state index in [1.54, 1.807) is 0 Å². The molecule has 8 heteroatoms. The average molecular weight is 455 g/mol. The van der Waals surface area contributed by atoms with Crippen molar-refractivity contribution in [2.45, 2.75) is 19.3 Å². The number of anilines is 2. The Hall–Kier alpha value is -3.94. The summed E-state index contributed by atoms with van der Waals surface area (Å²) in [5.41, 5.74) is 3.06. The number of benzene rings is 2. The molecule has 33 heavy (non-hydrogen) atoms. The highest BCUT2D eigenvalue weighted by Crippen LogP contribution is 2.32. The van der Waals surface area contributed by atoms with Gasteiger partial charge in [0.2, 0.25) is 0 Å². The molecule has 2 N–H and O–H groups in total. The number of carbonyl (C=O) groups excluding carboxylic acids is 2. The summed E-state index contributed by atoms with van der Waals surface area (Å²) in [6, 6.07) is 15.1. The number of rotatable bonds is 12. The predicted octanol–water partition coefficient (Wildman–Crippen LogP) is 5.43. The highest BCUT2D eigenvalue weighted by Gasteiger charge is 2.23. The van der Waals surface area contributed by atoms with Crippen molar-refractivity contribution in [3.05, 3.63) is 85.3 Å². The molecule has 0 saturated heterocycles. The highest BCUT2D eigenvalue weighted by molar-refractivity contribution is 5.85. The number of hydrogen-bond donors (Lipinski definition) is 2. The van der Waals surface area contributed by atoms with Crippen molar-refractivity contribution in [3.63, 3.8) is 0 Å². The van der Waals surface area contributed by atoms with Gasteiger partial charge in [-0.1, -0.05) is 51.3 Å². The van der Waals surface area contributed by atoms with Gasteiger partial charge >= 0.3 is 12.2 Å². The fraction of sp³-hybridized carbons (Fsp3) is 0.280. The van der Waals surface area contributed by atoms with E-state index in [1.807, 2.05) is 48.5 Å². The summed E-state index contributed by atoms with van der Waals surface area (Å²) in [6.07, 6.45) is 1.49. The van der Waals surface area contributed by atoms with Crippen LogP contribution in [-0.4, -0.2) is 38.6 Å². The lowest BCUT2D eigenvalue weighted by molar-refractivity contribution is 0.123. The molecule has 0 aliphatic heterocycles. The average Bonchev–Trinajstić information content (AvgIpc) is 2.80. The van der Waals surface area contributed by atoms with E-state index in [-0.39, 0.29) is 31.8 Å². The number of amides is 2. The van der Waals surface area contributed by atoms with E-state index in [2.05, 4.69) is 37.6 Å². The number of hydrogen-bond acceptors (Lipinski definition) is 6. The zero-order chi connectivity index (χ0) is 24.1. The smallest absolute Gasteiger partial charge is 0.411 e. The van der Waals surface area contributed by atoms with Crippen molar-refractivity contribution >= 4 is 23.6 Å². The van der Waals surface area contributed by atoms with Crippen molar-refractivity contribution < 1.29 is 28.5 Å². The second-order valence-corrected chi connectivity index (χ2v) is 7.38. The van der Waals surface area contributed by atoms with Crippen LogP contribution < -0.4 is 10.6 Å². The quantitative estimate of drug-likeness (QED) is 0.328. The van der Waals surface area contributed by atoms with Gasteiger partial charge in [-0.3, -0.25) is 10.6 Å². The molecule has 0 heterocycles. The number of ether oxygens (including phenoxy) is 4. The molecular formula is C25H30N2O6. The first kappa shape index (κ1) is 25.3. The molecule has 0 atom stereocenters. The Balaban J connectivity index is 1.93. The van der Waals surface area contributed by atoms with E-state index in [9.17, 15) is 9.59 Å². The molecule has 0 radical (unpaired) electrons. The van der Waals surface area contributed by atoms with E-state index in [1.165, 1.54) is 12.5 Å². The van der Waals surface area contributed by atoms with Crippen LogP contribution in [0.2, 0.25) is 0 Å². The Labute approximate surface area is 194 Å². The molecule has 2 aromatic carbocycles. The molecule has 0 spiro atoms. The van der Waals surface area contributed by atoms with Gasteiger partial charge in [-0.2, -0.15) is 0 Å². The first-order valence-electron chi connectivity index (χ1n) is 10.4. The van der Waals surface area contributed by atoms with Crippen LogP contribution in [0.5, 0.6) is 0 Å². The fourth-order valence-electron chi connectivity index (χ4n) is 2.95. The van der Waals surface area contributed by atoms with Crippen molar-refractivity contribution in [2.24, 2.45) is 0 Å². The second-order valence-electron chi connectivity index (χ2n) is 7.38. The summed E-state index contributed by atoms with van der Waals surface area (Å²) in [7, 11) is 0. The van der Waals surface area contributed by atoms with E-state index in [0.29, 0.717) is 11.4 Å². The van der Waals surface area contributed by atoms with Crippen molar-refractivity contribution in [1.82, 2.24) is 0 Å². The van der Waals surface area contributed by atoms with Crippen LogP contribution >= 0.6 is 0 Å². The molecule has 0 unspecified atom stereocenters. The third kappa shape index (κ3) is 8.25. The largest absolute Gasteiger partial charge is 0.498 e. The summed E-state index contributed by atoms with van der Waals surface area (Å²) in [4.78, 5) is 23.6. The van der Waals surface area contributed by atoms with Crippen molar-refractivity contribution in [3.8, 4) is 0 Å². The molecule has 2 rings (SSSR count). The molecule has 0 aliphatic carbocycles. The third-order valence-electron chi connectivity index (χ3n) is 4.81. The monoisotopic (exact) mass is 454 g/mol. The Bertz CT molecular complexity index is 847. The Morgan fingerprint density at radius 3 is 1.42 bits per heavy atom. The first-order chi connectivity index (χ1) is 15.9. The molecule has 0 saturated carbocycles. The summed E-state index contributed by atoms with van der Waals surface area (Å²) >= 11 is 0. The molecular weight excluding hydrogens is 424 g/mol. The molecule has 0 aliphatic rings. The normalized spacial score (nSPS) is 10.5. The zero-order valence-electron chi connectivity index (χ0n) is 19.0. The molecule has 0 bridgehead atoms. The van der Waals surface area contributed by atoms with E-state index >= 15 is 0 Å². The SMILES string of the molecule is C=COCCOC(=O)Nc1ccc(C(C)(C)c2ccc(NC(=O)OCCOC=C)cc2)cc1. The standard InChI is InChI=1S/C25H30N2O6/c1-5-30-15-17-32-23(28)26-21-11-7-19(8-12-21)25(3,4)20-9-13-22(14-10-20)27-24(29)33-18-16-31-6-2/h5-14H,1-2,15-18H2,3-4H3,(H,26,28)(H,27,29). The van der Waals surface area contributed by atoms with Gasteiger partial charge < -0.3 is 18.9 Å². The summed E-state index contributed by atoms with van der Waals surface area (Å²) in [5.74, 6) is 0. The van der Waals surface area contributed by atoms with Gasteiger partial charge in [0.25, 0.3) is 0 Å². The Kier molecular flexibility index (Phi) is 9.82. The first-order valence-corrected chi connectivity index (χ1v) is 10.4. The summed E-state index contributed by atoms with van der Waals surface area (Å²) in [6.45, 7) is 11.8. The van der Waals surface area contributed by atoms with Gasteiger partial charge in [-0.25, -0.2) is 9.59 Å². The van der Waals surface area contributed by atoms with Gasteiger partial charge in [-0.15, -0.1) is 0 Å². The molecule has 0 fully saturated rings. The van der Waals surface area contributed by atoms with Crippen LogP contribution in [0.4, 0.5) is 21.0 Å². The molecule has 8 nitrogen and oxygen atoms in total. The lowest BCUT2D eigenvalue weighted by Crippen LogP contribution is -2.20. The third-order valence-corrected chi connectivity index (χ3v) is 4.81. The fourth-order valence-corrected chi connectivity index (χ4v) is 2.95. The highest BCUT2D eigenvalue weighted by atomic mass is 16.6. The maximum Gasteiger partial charge on any atom is 0.411 e. The topological polar surface area (TPSA) is 95.1 Å². The van der Waals surface area contributed by atoms with Crippen LogP contribution in [0.15, 0.2) is 74.2 Å². The van der Waals surface area contributed by atoms with Gasteiger partial charge in [0.15, 0.2) is 0 Å². The van der Waals surface area contributed by atoms with E-state index < -0.39 is 12.2 Å².